The first-order valence-electron chi connectivity index (χ1n) is 10.1. The minimum atomic E-state index is -4.41. The van der Waals surface area contributed by atoms with E-state index in [9.17, 15) is 18.0 Å². The van der Waals surface area contributed by atoms with Gasteiger partial charge in [0.2, 0.25) is 5.91 Å². The number of aromatic nitrogens is 1. The number of alkyl halides is 3. The van der Waals surface area contributed by atoms with Gasteiger partial charge in [0.15, 0.2) is 6.61 Å². The van der Waals surface area contributed by atoms with Crippen LogP contribution in [0.5, 0.6) is 5.75 Å². The Morgan fingerprint density at radius 3 is 2.50 bits per heavy atom. The minimum absolute atomic E-state index is 0.0654. The maximum atomic E-state index is 12.5. The highest BCUT2D eigenvalue weighted by molar-refractivity contribution is 5.73. The van der Waals surface area contributed by atoms with Crippen LogP contribution >= 0.6 is 0 Å². The molecule has 30 heavy (non-hydrogen) atoms. The van der Waals surface area contributed by atoms with E-state index in [4.69, 9.17) is 4.74 Å². The van der Waals surface area contributed by atoms with Crippen LogP contribution in [-0.4, -0.2) is 36.3 Å². The van der Waals surface area contributed by atoms with Gasteiger partial charge in [0, 0.05) is 19.5 Å². The molecule has 0 bridgehead atoms. The van der Waals surface area contributed by atoms with Gasteiger partial charge in [-0.15, -0.1) is 0 Å². The first-order valence-corrected chi connectivity index (χ1v) is 10.1. The number of hydrogen-bond donors (Lipinski definition) is 1. The molecule has 0 unspecified atom stereocenters. The van der Waals surface area contributed by atoms with Gasteiger partial charge < -0.3 is 15.0 Å². The number of nitrogens with zero attached hydrogens (tertiary/aromatic N) is 2. The van der Waals surface area contributed by atoms with E-state index in [2.05, 4.69) is 39.5 Å². The van der Waals surface area contributed by atoms with Crippen LogP contribution < -0.4 is 15.0 Å². The number of pyridine rings is 1. The largest absolute Gasteiger partial charge is 0.482 e. The summed E-state index contributed by atoms with van der Waals surface area (Å²) in [7, 11) is 0. The summed E-state index contributed by atoms with van der Waals surface area (Å²) in [5.41, 5.74) is 3.04. The standard InChI is InChI=1S/C22H24F3N3O2/c1-14(29)27-20-8-9-28(18-10-19(12-26-11-18)30-13-22(23,24)25)21(20)17-6-4-16(5-7-17)15-2-3-15/h4-7,10-12,15,20-21H,2-3,8-9,13H2,1H3,(H,27,29)/t20-,21-/m1/s1. The fraction of sp³-hybridized carbons (Fsp3) is 0.455. The smallest absolute Gasteiger partial charge is 0.422 e. The molecule has 1 saturated heterocycles. The molecule has 1 aromatic heterocycles. The van der Waals surface area contributed by atoms with E-state index in [1.807, 2.05) is 0 Å². The number of rotatable bonds is 6. The summed E-state index contributed by atoms with van der Waals surface area (Å²) in [6, 6.07) is 9.77. The van der Waals surface area contributed by atoms with Crippen LogP contribution in [0, 0.1) is 0 Å². The van der Waals surface area contributed by atoms with E-state index in [0.717, 1.165) is 12.0 Å². The molecule has 1 saturated carbocycles. The van der Waals surface area contributed by atoms with Crippen molar-refractivity contribution >= 4 is 11.6 Å². The molecule has 1 aromatic carbocycles. The average Bonchev–Trinajstić information content (AvgIpc) is 3.47. The predicted molar refractivity (Wildman–Crippen MR) is 107 cm³/mol. The van der Waals surface area contributed by atoms with Gasteiger partial charge in [0.1, 0.15) is 5.75 Å². The van der Waals surface area contributed by atoms with Gasteiger partial charge >= 0.3 is 6.18 Å². The lowest BCUT2D eigenvalue weighted by atomic mass is 9.97. The van der Waals surface area contributed by atoms with Crippen molar-refractivity contribution in [2.24, 2.45) is 0 Å². The zero-order valence-corrected chi connectivity index (χ0v) is 16.7. The Hall–Kier alpha value is -2.77. The van der Waals surface area contributed by atoms with Gasteiger partial charge in [-0.05, 0) is 36.3 Å². The number of nitrogens with one attached hydrogen (secondary N) is 1. The highest BCUT2D eigenvalue weighted by atomic mass is 19.4. The maximum absolute atomic E-state index is 12.5. The van der Waals surface area contributed by atoms with Crippen LogP contribution in [-0.2, 0) is 4.79 Å². The molecule has 1 N–H and O–H groups in total. The lowest BCUT2D eigenvalue weighted by molar-refractivity contribution is -0.153. The second kappa shape index (κ2) is 8.16. The Bertz CT molecular complexity index is 897. The van der Waals surface area contributed by atoms with Crippen LogP contribution in [0.1, 0.15) is 49.3 Å². The fourth-order valence-corrected chi connectivity index (χ4v) is 4.10. The van der Waals surface area contributed by atoms with Crippen LogP contribution in [0.2, 0.25) is 0 Å². The van der Waals surface area contributed by atoms with E-state index in [0.29, 0.717) is 18.2 Å². The van der Waals surface area contributed by atoms with Gasteiger partial charge in [0.25, 0.3) is 0 Å². The van der Waals surface area contributed by atoms with Crippen molar-refractivity contribution in [1.82, 2.24) is 10.3 Å². The molecular formula is C22H24F3N3O2. The molecule has 0 radical (unpaired) electrons. The van der Waals surface area contributed by atoms with Gasteiger partial charge in [-0.3, -0.25) is 9.78 Å². The van der Waals surface area contributed by atoms with Crippen LogP contribution in [0.15, 0.2) is 42.7 Å². The molecule has 8 heteroatoms. The van der Waals surface area contributed by atoms with Crippen molar-refractivity contribution < 1.29 is 22.7 Å². The first-order chi connectivity index (χ1) is 14.3. The lowest BCUT2D eigenvalue weighted by Crippen LogP contribution is -2.38. The quantitative estimate of drug-likeness (QED) is 0.756. The summed E-state index contributed by atoms with van der Waals surface area (Å²) in [6.45, 7) is 0.770. The van der Waals surface area contributed by atoms with Crippen molar-refractivity contribution in [1.29, 1.82) is 0 Å². The molecule has 4 rings (SSSR count). The Morgan fingerprint density at radius 2 is 1.87 bits per heavy atom. The first kappa shape index (κ1) is 20.5. The van der Waals surface area contributed by atoms with Crippen molar-refractivity contribution in [3.63, 3.8) is 0 Å². The Morgan fingerprint density at radius 1 is 1.17 bits per heavy atom. The molecule has 0 spiro atoms. The van der Waals surface area contributed by atoms with Gasteiger partial charge in [-0.2, -0.15) is 13.2 Å². The third-order valence-electron chi connectivity index (χ3n) is 5.55. The van der Waals surface area contributed by atoms with Crippen LogP contribution in [0.4, 0.5) is 18.9 Å². The number of hydrogen-bond acceptors (Lipinski definition) is 4. The summed E-state index contributed by atoms with van der Waals surface area (Å²) < 4.78 is 42.4. The van der Waals surface area contributed by atoms with E-state index < -0.39 is 12.8 Å². The van der Waals surface area contributed by atoms with Crippen molar-refractivity contribution in [2.45, 2.75) is 50.4 Å². The highest BCUT2D eigenvalue weighted by Crippen LogP contribution is 2.42. The normalized spacial score (nSPS) is 21.5. The Kier molecular flexibility index (Phi) is 5.58. The van der Waals surface area contributed by atoms with Crippen molar-refractivity contribution in [3.8, 4) is 5.75 Å². The van der Waals surface area contributed by atoms with Gasteiger partial charge in [0.05, 0.1) is 30.2 Å². The number of halogens is 3. The van der Waals surface area contributed by atoms with E-state index in [-0.39, 0.29) is 23.7 Å². The summed E-state index contributed by atoms with van der Waals surface area (Å²) in [6.07, 6.45) is 1.64. The van der Waals surface area contributed by atoms with Crippen molar-refractivity contribution in [2.75, 3.05) is 18.1 Å². The summed E-state index contributed by atoms with van der Waals surface area (Å²) in [5, 5.41) is 3.02. The number of ether oxygens (including phenoxy) is 1. The predicted octanol–water partition coefficient (Wildman–Crippen LogP) is 4.36. The maximum Gasteiger partial charge on any atom is 0.422 e. The number of anilines is 1. The topological polar surface area (TPSA) is 54.5 Å². The number of carbonyl (C=O) groups is 1. The van der Waals surface area contributed by atoms with Gasteiger partial charge in [-0.25, -0.2) is 0 Å². The zero-order valence-electron chi connectivity index (χ0n) is 16.7. The minimum Gasteiger partial charge on any atom is -0.482 e. The average molecular weight is 419 g/mol. The summed E-state index contributed by atoms with van der Waals surface area (Å²) >= 11 is 0. The fourth-order valence-electron chi connectivity index (χ4n) is 4.10. The number of benzene rings is 1. The van der Waals surface area contributed by atoms with Crippen LogP contribution in [0.25, 0.3) is 0 Å². The molecule has 5 nitrogen and oxygen atoms in total. The second-order valence-corrected chi connectivity index (χ2v) is 7.96. The van der Waals surface area contributed by atoms with Gasteiger partial charge in [-0.1, -0.05) is 24.3 Å². The molecular weight excluding hydrogens is 395 g/mol. The molecule has 1 amide bonds. The number of carbonyl (C=O) groups excluding carboxylic acids is 1. The molecule has 2 aliphatic rings. The van der Waals surface area contributed by atoms with E-state index >= 15 is 0 Å². The molecule has 160 valence electrons. The Balaban J connectivity index is 1.59. The monoisotopic (exact) mass is 419 g/mol. The third-order valence-corrected chi connectivity index (χ3v) is 5.55. The number of amides is 1. The SMILES string of the molecule is CC(=O)N[C@@H]1CCN(c2cncc(OCC(F)(F)F)c2)[C@@H]1c1ccc(C2CC2)cc1. The zero-order chi connectivity index (χ0) is 21.3. The van der Waals surface area contributed by atoms with E-state index in [1.54, 1.807) is 12.3 Å². The lowest BCUT2D eigenvalue weighted by Gasteiger charge is -2.30. The highest BCUT2D eigenvalue weighted by Gasteiger charge is 2.37. The molecule has 1 aliphatic heterocycles. The molecule has 2 heterocycles. The summed E-state index contributed by atoms with van der Waals surface area (Å²) in [4.78, 5) is 17.9. The van der Waals surface area contributed by atoms with E-state index in [1.165, 1.54) is 31.5 Å². The molecule has 1 aliphatic carbocycles. The summed E-state index contributed by atoms with van der Waals surface area (Å²) in [5.74, 6) is 0.606. The third kappa shape index (κ3) is 4.86. The molecule has 2 fully saturated rings. The Labute approximate surface area is 173 Å². The van der Waals surface area contributed by atoms with Crippen LogP contribution in [0.3, 0.4) is 0 Å². The second-order valence-electron chi connectivity index (χ2n) is 7.96. The molecule has 2 aromatic rings. The van der Waals surface area contributed by atoms with Crippen molar-refractivity contribution in [3.05, 3.63) is 53.9 Å². The molecule has 2 atom stereocenters.